The second-order valence-electron chi connectivity index (χ2n) is 4.71. The summed E-state index contributed by atoms with van der Waals surface area (Å²) in [6.45, 7) is 3.33. The lowest BCUT2D eigenvalue weighted by Gasteiger charge is -2.25. The van der Waals surface area contributed by atoms with E-state index in [9.17, 15) is 0 Å². The Morgan fingerprint density at radius 3 is 2.71 bits per heavy atom. The van der Waals surface area contributed by atoms with E-state index in [1.807, 2.05) is 12.1 Å². The molecule has 1 saturated carbocycles. The second-order valence-corrected chi connectivity index (χ2v) is 5.12. The minimum atomic E-state index is 0.0114. The van der Waals surface area contributed by atoms with Gasteiger partial charge in [-0.25, -0.2) is 0 Å². The lowest BCUT2D eigenvalue weighted by molar-refractivity contribution is 0.282. The van der Waals surface area contributed by atoms with Gasteiger partial charge in [0.2, 0.25) is 0 Å². The van der Waals surface area contributed by atoms with E-state index in [0.717, 1.165) is 12.1 Å². The minimum absolute atomic E-state index is 0.0114. The van der Waals surface area contributed by atoms with Gasteiger partial charge in [-0.1, -0.05) is 31.0 Å². The molecule has 1 aromatic rings. The van der Waals surface area contributed by atoms with Gasteiger partial charge >= 0.3 is 0 Å². The van der Waals surface area contributed by atoms with Gasteiger partial charge in [-0.3, -0.25) is 0 Å². The first-order chi connectivity index (χ1) is 8.26. The number of halogens is 1. The van der Waals surface area contributed by atoms with Crippen LogP contribution in [0.4, 0.5) is 5.69 Å². The van der Waals surface area contributed by atoms with Crippen molar-refractivity contribution in [2.45, 2.75) is 45.3 Å². The summed E-state index contributed by atoms with van der Waals surface area (Å²) in [7, 11) is 0. The predicted octanol–water partition coefficient (Wildman–Crippen LogP) is 3.60. The zero-order chi connectivity index (χ0) is 12.3. The van der Waals surface area contributed by atoms with E-state index in [2.05, 4.69) is 17.9 Å². The molecule has 0 saturated heterocycles. The number of unbranched alkanes of at least 4 members (excludes halogenated alkanes) is 1. The van der Waals surface area contributed by atoms with Gasteiger partial charge in [0, 0.05) is 23.3 Å². The monoisotopic (exact) mass is 253 g/mol. The molecule has 1 aliphatic carbocycles. The SMILES string of the molecule is CCCCN(c1ccc(CO)c(Cl)c1)C1CC1. The molecule has 0 aromatic heterocycles. The number of hydrogen-bond donors (Lipinski definition) is 1. The first-order valence-electron chi connectivity index (χ1n) is 6.42. The summed E-state index contributed by atoms with van der Waals surface area (Å²) in [5.41, 5.74) is 2.00. The van der Waals surface area contributed by atoms with Crippen molar-refractivity contribution in [3.05, 3.63) is 28.8 Å². The number of aliphatic hydroxyl groups is 1. The number of rotatable bonds is 6. The molecule has 0 amide bonds. The first-order valence-corrected chi connectivity index (χ1v) is 6.80. The van der Waals surface area contributed by atoms with E-state index in [-0.39, 0.29) is 6.61 Å². The third-order valence-electron chi connectivity index (χ3n) is 3.28. The summed E-state index contributed by atoms with van der Waals surface area (Å²) < 4.78 is 0. The van der Waals surface area contributed by atoms with Crippen LogP contribution >= 0.6 is 11.6 Å². The van der Waals surface area contributed by atoms with Crippen LogP contribution < -0.4 is 4.90 Å². The molecule has 1 N–H and O–H groups in total. The highest BCUT2D eigenvalue weighted by molar-refractivity contribution is 6.31. The summed E-state index contributed by atoms with van der Waals surface area (Å²) in [6.07, 6.45) is 5.02. The Labute approximate surface area is 108 Å². The third-order valence-corrected chi connectivity index (χ3v) is 3.63. The number of benzene rings is 1. The Morgan fingerprint density at radius 1 is 1.41 bits per heavy atom. The van der Waals surface area contributed by atoms with Gasteiger partial charge in [-0.15, -0.1) is 0 Å². The van der Waals surface area contributed by atoms with Crippen LogP contribution in [0.2, 0.25) is 5.02 Å². The lowest BCUT2D eigenvalue weighted by atomic mass is 10.2. The zero-order valence-corrected chi connectivity index (χ0v) is 11.1. The second kappa shape index (κ2) is 5.74. The largest absolute Gasteiger partial charge is 0.392 e. The van der Waals surface area contributed by atoms with Crippen molar-refractivity contribution in [2.24, 2.45) is 0 Å². The summed E-state index contributed by atoms with van der Waals surface area (Å²) in [5.74, 6) is 0. The van der Waals surface area contributed by atoms with Crippen molar-refractivity contribution in [2.75, 3.05) is 11.4 Å². The molecule has 0 aliphatic heterocycles. The van der Waals surface area contributed by atoms with Crippen LogP contribution in [0.3, 0.4) is 0 Å². The summed E-state index contributed by atoms with van der Waals surface area (Å²) in [4.78, 5) is 2.45. The van der Waals surface area contributed by atoms with Crippen molar-refractivity contribution in [1.82, 2.24) is 0 Å². The summed E-state index contributed by atoms with van der Waals surface area (Å²) in [6, 6.07) is 6.70. The molecular formula is C14H20ClNO. The molecule has 2 nitrogen and oxygen atoms in total. The Balaban J connectivity index is 2.14. The lowest BCUT2D eigenvalue weighted by Crippen LogP contribution is -2.26. The van der Waals surface area contributed by atoms with Crippen molar-refractivity contribution in [1.29, 1.82) is 0 Å². The van der Waals surface area contributed by atoms with Gasteiger partial charge < -0.3 is 10.0 Å². The molecule has 0 heterocycles. The molecule has 2 rings (SSSR count). The van der Waals surface area contributed by atoms with Crippen LogP contribution in [-0.4, -0.2) is 17.7 Å². The fraction of sp³-hybridized carbons (Fsp3) is 0.571. The number of hydrogen-bond acceptors (Lipinski definition) is 2. The van der Waals surface area contributed by atoms with Crippen LogP contribution in [0.15, 0.2) is 18.2 Å². The molecule has 1 aromatic carbocycles. The van der Waals surface area contributed by atoms with Crippen LogP contribution in [0.5, 0.6) is 0 Å². The topological polar surface area (TPSA) is 23.5 Å². The highest BCUT2D eigenvalue weighted by atomic mass is 35.5. The van der Waals surface area contributed by atoms with Crippen molar-refractivity contribution < 1.29 is 5.11 Å². The van der Waals surface area contributed by atoms with Gasteiger partial charge in [-0.05, 0) is 37.0 Å². The molecule has 1 aliphatic rings. The maximum atomic E-state index is 9.11. The molecule has 3 heteroatoms. The van der Waals surface area contributed by atoms with Crippen LogP contribution in [0.25, 0.3) is 0 Å². The molecular weight excluding hydrogens is 234 g/mol. The van der Waals surface area contributed by atoms with Crippen molar-refractivity contribution in [3.8, 4) is 0 Å². The Kier molecular flexibility index (Phi) is 4.30. The molecule has 0 unspecified atom stereocenters. The van der Waals surface area contributed by atoms with E-state index < -0.39 is 0 Å². The Morgan fingerprint density at radius 2 is 2.18 bits per heavy atom. The average Bonchev–Trinajstić information content (AvgIpc) is 3.14. The molecule has 17 heavy (non-hydrogen) atoms. The third kappa shape index (κ3) is 3.14. The Bertz CT molecular complexity index is 376. The molecule has 1 fully saturated rings. The molecule has 0 bridgehead atoms. The zero-order valence-electron chi connectivity index (χ0n) is 10.3. The normalized spacial score (nSPS) is 15.0. The molecule has 0 spiro atoms. The average molecular weight is 254 g/mol. The highest BCUT2D eigenvalue weighted by Crippen LogP contribution is 2.33. The van der Waals surface area contributed by atoms with Crippen LogP contribution in [0, 0.1) is 0 Å². The summed E-state index contributed by atoms with van der Waals surface area (Å²) >= 11 is 6.15. The highest BCUT2D eigenvalue weighted by Gasteiger charge is 2.28. The number of aliphatic hydroxyl groups excluding tert-OH is 1. The van der Waals surface area contributed by atoms with Crippen LogP contribution in [-0.2, 0) is 6.61 Å². The van der Waals surface area contributed by atoms with E-state index >= 15 is 0 Å². The van der Waals surface area contributed by atoms with E-state index in [0.29, 0.717) is 11.1 Å². The molecule has 0 atom stereocenters. The van der Waals surface area contributed by atoms with E-state index in [4.69, 9.17) is 16.7 Å². The molecule has 94 valence electrons. The first kappa shape index (κ1) is 12.7. The standard InChI is InChI=1S/C14H20ClNO/c1-2-3-8-16(12-6-7-12)13-5-4-11(10-17)14(15)9-13/h4-5,9,12,17H,2-3,6-8,10H2,1H3. The predicted molar refractivity (Wildman–Crippen MR) is 72.7 cm³/mol. The van der Waals surface area contributed by atoms with Gasteiger partial charge in [-0.2, -0.15) is 0 Å². The summed E-state index contributed by atoms with van der Waals surface area (Å²) in [5, 5.41) is 9.79. The smallest absolute Gasteiger partial charge is 0.0696 e. The van der Waals surface area contributed by atoms with Gasteiger partial charge in [0.15, 0.2) is 0 Å². The number of anilines is 1. The minimum Gasteiger partial charge on any atom is -0.392 e. The Hall–Kier alpha value is -0.730. The van der Waals surface area contributed by atoms with Crippen molar-refractivity contribution in [3.63, 3.8) is 0 Å². The maximum Gasteiger partial charge on any atom is 0.0696 e. The van der Waals surface area contributed by atoms with Gasteiger partial charge in [0.25, 0.3) is 0 Å². The maximum absolute atomic E-state index is 9.11. The molecule has 0 radical (unpaired) electrons. The van der Waals surface area contributed by atoms with Gasteiger partial charge in [0.05, 0.1) is 6.61 Å². The van der Waals surface area contributed by atoms with Crippen LogP contribution in [0.1, 0.15) is 38.2 Å². The van der Waals surface area contributed by atoms with Gasteiger partial charge in [0.1, 0.15) is 0 Å². The quantitative estimate of drug-likeness (QED) is 0.837. The van der Waals surface area contributed by atoms with E-state index in [1.54, 1.807) is 0 Å². The fourth-order valence-corrected chi connectivity index (χ4v) is 2.31. The fourth-order valence-electron chi connectivity index (χ4n) is 2.08. The van der Waals surface area contributed by atoms with Crippen molar-refractivity contribution >= 4 is 17.3 Å². The van der Waals surface area contributed by atoms with E-state index in [1.165, 1.54) is 31.4 Å². The number of nitrogens with zero attached hydrogens (tertiary/aromatic N) is 1.